The summed E-state index contributed by atoms with van der Waals surface area (Å²) in [6.07, 6.45) is 6.22. The van der Waals surface area contributed by atoms with E-state index in [1.165, 1.54) is 19.3 Å². The van der Waals surface area contributed by atoms with Gasteiger partial charge in [0.1, 0.15) is 0 Å². The largest absolute Gasteiger partial charge is 0.341 e. The van der Waals surface area contributed by atoms with E-state index in [-0.39, 0.29) is 11.8 Å². The fourth-order valence-electron chi connectivity index (χ4n) is 3.11. The zero-order chi connectivity index (χ0) is 14.4. The smallest absolute Gasteiger partial charge is 0.222 e. The van der Waals surface area contributed by atoms with Gasteiger partial charge >= 0.3 is 0 Å². The normalized spacial score (nSPS) is 24.4. The van der Waals surface area contributed by atoms with Gasteiger partial charge in [-0.25, -0.2) is 0 Å². The van der Waals surface area contributed by atoms with Gasteiger partial charge < -0.3 is 15.1 Å². The zero-order valence-electron chi connectivity index (χ0n) is 12.6. The van der Waals surface area contributed by atoms with E-state index in [0.717, 1.165) is 32.5 Å². The van der Waals surface area contributed by atoms with Crippen molar-refractivity contribution in [1.82, 2.24) is 15.1 Å². The van der Waals surface area contributed by atoms with Crippen molar-refractivity contribution in [1.29, 1.82) is 0 Å². The number of nitrogens with zero attached hydrogens (tertiary/aromatic N) is 2. The Kier molecular flexibility index (Phi) is 5.83. The molecule has 0 bridgehead atoms. The van der Waals surface area contributed by atoms with Crippen LogP contribution >= 0.6 is 0 Å². The molecular weight excluding hydrogens is 254 g/mol. The standard InChI is InChI=1S/C15H27N3O2/c1-13(19)17-9-4-10-18(12-11-17)15(20)7-6-14-5-2-3-8-16-14/h14,16H,2-12H2,1H3. The Morgan fingerprint density at radius 2 is 1.80 bits per heavy atom. The lowest BCUT2D eigenvalue weighted by Gasteiger charge is -2.25. The molecule has 2 rings (SSSR count). The molecule has 0 aromatic rings. The Morgan fingerprint density at radius 1 is 1.05 bits per heavy atom. The van der Waals surface area contributed by atoms with Crippen LogP contribution in [0.2, 0.25) is 0 Å². The fourth-order valence-corrected chi connectivity index (χ4v) is 3.11. The molecule has 2 heterocycles. The topological polar surface area (TPSA) is 52.7 Å². The van der Waals surface area contributed by atoms with Gasteiger partial charge in [0, 0.05) is 45.6 Å². The SMILES string of the molecule is CC(=O)N1CCCN(C(=O)CCC2CCCCN2)CC1. The van der Waals surface area contributed by atoms with Gasteiger partial charge in [-0.3, -0.25) is 9.59 Å². The van der Waals surface area contributed by atoms with E-state index in [1.54, 1.807) is 6.92 Å². The monoisotopic (exact) mass is 281 g/mol. The predicted molar refractivity (Wildman–Crippen MR) is 78.3 cm³/mol. The first-order valence-corrected chi connectivity index (χ1v) is 7.93. The summed E-state index contributed by atoms with van der Waals surface area (Å²) in [4.78, 5) is 27.4. The van der Waals surface area contributed by atoms with Crippen LogP contribution in [-0.2, 0) is 9.59 Å². The summed E-state index contributed by atoms with van der Waals surface area (Å²) >= 11 is 0. The molecule has 1 unspecified atom stereocenters. The van der Waals surface area contributed by atoms with Crippen molar-refractivity contribution in [3.63, 3.8) is 0 Å². The molecule has 1 atom stereocenters. The Hall–Kier alpha value is -1.10. The molecule has 0 radical (unpaired) electrons. The summed E-state index contributed by atoms with van der Waals surface area (Å²) in [5.74, 6) is 0.369. The van der Waals surface area contributed by atoms with Crippen molar-refractivity contribution < 1.29 is 9.59 Å². The Balaban J connectivity index is 1.73. The lowest BCUT2D eigenvalue weighted by Crippen LogP contribution is -2.38. The van der Waals surface area contributed by atoms with Crippen molar-refractivity contribution >= 4 is 11.8 Å². The molecule has 0 aromatic carbocycles. The maximum atomic E-state index is 12.3. The number of carbonyl (C=O) groups excluding carboxylic acids is 2. The van der Waals surface area contributed by atoms with Crippen LogP contribution in [0.4, 0.5) is 0 Å². The van der Waals surface area contributed by atoms with Gasteiger partial charge in [0.2, 0.25) is 11.8 Å². The summed E-state index contributed by atoms with van der Waals surface area (Å²) in [5.41, 5.74) is 0. The second-order valence-electron chi connectivity index (χ2n) is 5.93. The maximum absolute atomic E-state index is 12.3. The third-order valence-corrected chi connectivity index (χ3v) is 4.41. The van der Waals surface area contributed by atoms with Gasteiger partial charge in [-0.1, -0.05) is 6.42 Å². The van der Waals surface area contributed by atoms with Gasteiger partial charge in [-0.2, -0.15) is 0 Å². The molecule has 0 saturated carbocycles. The summed E-state index contributed by atoms with van der Waals surface area (Å²) in [6.45, 7) is 5.64. The number of nitrogens with one attached hydrogen (secondary N) is 1. The minimum absolute atomic E-state index is 0.116. The van der Waals surface area contributed by atoms with E-state index in [1.807, 2.05) is 9.80 Å². The molecule has 2 aliphatic rings. The van der Waals surface area contributed by atoms with E-state index >= 15 is 0 Å². The third-order valence-electron chi connectivity index (χ3n) is 4.41. The van der Waals surface area contributed by atoms with Crippen LogP contribution < -0.4 is 5.32 Å². The predicted octanol–water partition coefficient (Wildman–Crippen LogP) is 0.989. The molecule has 0 aliphatic carbocycles. The summed E-state index contributed by atoms with van der Waals surface area (Å²) in [5, 5.41) is 3.49. The van der Waals surface area contributed by atoms with Crippen molar-refractivity contribution in [2.75, 3.05) is 32.7 Å². The highest BCUT2D eigenvalue weighted by Crippen LogP contribution is 2.13. The van der Waals surface area contributed by atoms with Gasteiger partial charge in [-0.05, 0) is 32.2 Å². The van der Waals surface area contributed by atoms with E-state index < -0.39 is 0 Å². The molecule has 2 amide bonds. The van der Waals surface area contributed by atoms with E-state index in [0.29, 0.717) is 25.6 Å². The fraction of sp³-hybridized carbons (Fsp3) is 0.867. The first-order valence-electron chi connectivity index (χ1n) is 7.93. The second-order valence-corrected chi connectivity index (χ2v) is 5.93. The zero-order valence-corrected chi connectivity index (χ0v) is 12.6. The van der Waals surface area contributed by atoms with Crippen LogP contribution in [0.25, 0.3) is 0 Å². The average Bonchev–Trinajstić information content (AvgIpc) is 2.72. The molecule has 2 fully saturated rings. The molecule has 5 heteroatoms. The number of rotatable bonds is 3. The first-order chi connectivity index (χ1) is 9.66. The lowest BCUT2D eigenvalue weighted by molar-refractivity contribution is -0.132. The van der Waals surface area contributed by atoms with Crippen molar-refractivity contribution in [3.05, 3.63) is 0 Å². The van der Waals surface area contributed by atoms with Crippen molar-refractivity contribution in [2.45, 2.75) is 51.5 Å². The first kappa shape index (κ1) is 15.3. The highest BCUT2D eigenvalue weighted by Gasteiger charge is 2.21. The third kappa shape index (κ3) is 4.47. The Bertz CT molecular complexity index is 340. The highest BCUT2D eigenvalue weighted by atomic mass is 16.2. The van der Waals surface area contributed by atoms with Crippen LogP contribution in [0.3, 0.4) is 0 Å². The van der Waals surface area contributed by atoms with Crippen LogP contribution in [0, 0.1) is 0 Å². The summed E-state index contributed by atoms with van der Waals surface area (Å²) in [6, 6.07) is 0.522. The summed E-state index contributed by atoms with van der Waals surface area (Å²) < 4.78 is 0. The number of hydrogen-bond acceptors (Lipinski definition) is 3. The Morgan fingerprint density at radius 3 is 2.50 bits per heavy atom. The highest BCUT2D eigenvalue weighted by molar-refractivity contribution is 5.77. The maximum Gasteiger partial charge on any atom is 0.222 e. The van der Waals surface area contributed by atoms with Gasteiger partial charge in [0.15, 0.2) is 0 Å². The number of piperidine rings is 1. The number of hydrogen-bond donors (Lipinski definition) is 1. The van der Waals surface area contributed by atoms with Gasteiger partial charge in [-0.15, -0.1) is 0 Å². The molecule has 114 valence electrons. The van der Waals surface area contributed by atoms with Crippen LogP contribution in [-0.4, -0.2) is 60.4 Å². The van der Waals surface area contributed by atoms with Crippen LogP contribution in [0.1, 0.15) is 45.4 Å². The van der Waals surface area contributed by atoms with Gasteiger partial charge in [0.05, 0.1) is 0 Å². The number of amides is 2. The van der Waals surface area contributed by atoms with Crippen molar-refractivity contribution in [3.8, 4) is 0 Å². The average molecular weight is 281 g/mol. The number of carbonyl (C=O) groups is 2. The van der Waals surface area contributed by atoms with Crippen LogP contribution in [0.15, 0.2) is 0 Å². The molecule has 5 nitrogen and oxygen atoms in total. The molecule has 20 heavy (non-hydrogen) atoms. The Labute approximate surface area is 121 Å². The van der Waals surface area contributed by atoms with E-state index in [9.17, 15) is 9.59 Å². The minimum Gasteiger partial charge on any atom is -0.341 e. The van der Waals surface area contributed by atoms with E-state index in [2.05, 4.69) is 5.32 Å². The quantitative estimate of drug-likeness (QED) is 0.839. The lowest BCUT2D eigenvalue weighted by atomic mass is 10.0. The van der Waals surface area contributed by atoms with Crippen molar-refractivity contribution in [2.24, 2.45) is 0 Å². The molecular formula is C15H27N3O2. The second kappa shape index (κ2) is 7.62. The van der Waals surface area contributed by atoms with Crippen LogP contribution in [0.5, 0.6) is 0 Å². The molecule has 0 aromatic heterocycles. The molecule has 1 N–H and O–H groups in total. The minimum atomic E-state index is 0.116. The van der Waals surface area contributed by atoms with Gasteiger partial charge in [0.25, 0.3) is 0 Å². The summed E-state index contributed by atoms with van der Waals surface area (Å²) in [7, 11) is 0. The molecule has 2 aliphatic heterocycles. The molecule has 0 spiro atoms. The molecule has 2 saturated heterocycles. The van der Waals surface area contributed by atoms with E-state index in [4.69, 9.17) is 0 Å².